The molecular formula is C25H33F2N3O4S. The van der Waals surface area contributed by atoms with Crippen LogP contribution in [0.4, 0.5) is 14.5 Å². The fourth-order valence-corrected chi connectivity index (χ4v) is 4.44. The highest BCUT2D eigenvalue weighted by atomic mass is 32.2. The van der Waals surface area contributed by atoms with Crippen LogP contribution in [-0.4, -0.2) is 49.5 Å². The molecule has 2 aromatic rings. The molecule has 7 nitrogen and oxygen atoms in total. The predicted octanol–water partition coefficient (Wildman–Crippen LogP) is 3.84. The van der Waals surface area contributed by atoms with Gasteiger partial charge in [0.25, 0.3) is 0 Å². The fraction of sp³-hybridized carbons (Fsp3) is 0.440. The summed E-state index contributed by atoms with van der Waals surface area (Å²) in [7, 11) is -3.68. The second-order valence-corrected chi connectivity index (χ2v) is 11.4. The van der Waals surface area contributed by atoms with Crippen molar-refractivity contribution in [2.45, 2.75) is 58.7 Å². The van der Waals surface area contributed by atoms with E-state index in [0.717, 1.165) is 22.7 Å². The smallest absolute Gasteiger partial charge is 0.242 e. The Labute approximate surface area is 206 Å². The first-order chi connectivity index (χ1) is 16.2. The van der Waals surface area contributed by atoms with Crippen molar-refractivity contribution in [3.63, 3.8) is 0 Å². The van der Waals surface area contributed by atoms with Crippen molar-refractivity contribution in [1.82, 2.24) is 10.2 Å². The number of hydrogen-bond donors (Lipinski definition) is 1. The van der Waals surface area contributed by atoms with Gasteiger partial charge in [-0.2, -0.15) is 0 Å². The minimum absolute atomic E-state index is 0.0215. The molecule has 192 valence electrons. The highest BCUT2D eigenvalue weighted by molar-refractivity contribution is 7.92. The lowest BCUT2D eigenvalue weighted by molar-refractivity contribution is -0.141. The van der Waals surface area contributed by atoms with Crippen LogP contribution in [0.15, 0.2) is 48.5 Å². The summed E-state index contributed by atoms with van der Waals surface area (Å²) in [5.41, 5.74) is 0.0197. The van der Waals surface area contributed by atoms with Crippen molar-refractivity contribution in [2.75, 3.05) is 17.1 Å². The number of sulfonamides is 1. The molecule has 0 aliphatic rings. The summed E-state index contributed by atoms with van der Waals surface area (Å²) in [5.74, 6) is -1.79. The topological polar surface area (TPSA) is 86.8 Å². The molecule has 2 aromatic carbocycles. The molecule has 0 radical (unpaired) electrons. The first-order valence-electron chi connectivity index (χ1n) is 11.3. The average Bonchev–Trinajstić information content (AvgIpc) is 2.74. The summed E-state index contributed by atoms with van der Waals surface area (Å²) in [4.78, 5) is 27.3. The molecule has 1 atom stereocenters. The van der Waals surface area contributed by atoms with Crippen LogP contribution >= 0.6 is 0 Å². The molecule has 0 saturated heterocycles. The first-order valence-corrected chi connectivity index (χ1v) is 13.1. The molecule has 0 fully saturated rings. The number of rotatable bonds is 10. The van der Waals surface area contributed by atoms with Gasteiger partial charge in [0.2, 0.25) is 21.8 Å². The Morgan fingerprint density at radius 2 is 1.63 bits per heavy atom. The molecule has 0 aromatic heterocycles. The lowest BCUT2D eigenvalue weighted by Gasteiger charge is -2.32. The molecule has 0 heterocycles. The van der Waals surface area contributed by atoms with Gasteiger partial charge < -0.3 is 10.2 Å². The highest BCUT2D eigenvalue weighted by Gasteiger charge is 2.29. The second-order valence-electron chi connectivity index (χ2n) is 9.44. The van der Waals surface area contributed by atoms with Gasteiger partial charge in [-0.15, -0.1) is 0 Å². The zero-order valence-electron chi connectivity index (χ0n) is 20.7. The van der Waals surface area contributed by atoms with Crippen molar-refractivity contribution in [3.05, 3.63) is 65.7 Å². The zero-order valence-corrected chi connectivity index (χ0v) is 21.5. The van der Waals surface area contributed by atoms with Gasteiger partial charge in [0.15, 0.2) is 0 Å². The minimum Gasteiger partial charge on any atom is -0.350 e. The third kappa shape index (κ3) is 8.61. The van der Waals surface area contributed by atoms with Crippen LogP contribution in [0, 0.1) is 11.6 Å². The Balaban J connectivity index is 2.19. The van der Waals surface area contributed by atoms with Crippen molar-refractivity contribution in [1.29, 1.82) is 0 Å². The van der Waals surface area contributed by atoms with E-state index in [-0.39, 0.29) is 43.1 Å². The van der Waals surface area contributed by atoms with Crippen molar-refractivity contribution in [2.24, 2.45) is 0 Å². The maximum atomic E-state index is 14.3. The molecule has 0 bridgehead atoms. The van der Waals surface area contributed by atoms with Crippen LogP contribution in [0.1, 0.15) is 46.1 Å². The van der Waals surface area contributed by atoms with Crippen LogP contribution in [0.5, 0.6) is 0 Å². The van der Waals surface area contributed by atoms with Crippen LogP contribution < -0.4 is 9.62 Å². The number of benzene rings is 2. The summed E-state index contributed by atoms with van der Waals surface area (Å²) in [5, 5.41) is 2.83. The lowest BCUT2D eigenvalue weighted by Crippen LogP contribution is -2.52. The van der Waals surface area contributed by atoms with Gasteiger partial charge in [-0.3, -0.25) is 13.9 Å². The lowest BCUT2D eigenvalue weighted by atomic mass is 10.1. The molecule has 35 heavy (non-hydrogen) atoms. The standard InChI is InChI=1S/C25H33F2N3O4S/c1-18(24(32)28-25(2,3)4)29(17-19-9-6-7-10-22(19)27)23(31)11-8-16-30(35(5,33)34)21-14-12-20(26)13-15-21/h6-7,9-10,12-15,18H,8,11,16-17H2,1-5H3,(H,28,32)/t18-/m0/s1. The van der Waals surface area contributed by atoms with Crippen LogP contribution in [0.25, 0.3) is 0 Å². The first kappa shape index (κ1) is 28.2. The normalized spacial score (nSPS) is 12.7. The van der Waals surface area contributed by atoms with E-state index in [1.807, 2.05) is 20.8 Å². The number of amides is 2. The van der Waals surface area contributed by atoms with Gasteiger partial charge in [0.05, 0.1) is 11.9 Å². The number of carbonyl (C=O) groups excluding carboxylic acids is 2. The van der Waals surface area contributed by atoms with E-state index >= 15 is 0 Å². The Bertz CT molecular complexity index is 1130. The third-order valence-corrected chi connectivity index (χ3v) is 6.42. The maximum Gasteiger partial charge on any atom is 0.242 e. The predicted molar refractivity (Wildman–Crippen MR) is 132 cm³/mol. The van der Waals surface area contributed by atoms with Crippen molar-refractivity contribution >= 4 is 27.5 Å². The summed E-state index contributed by atoms with van der Waals surface area (Å²) in [6.45, 7) is 6.88. The van der Waals surface area contributed by atoms with E-state index in [2.05, 4.69) is 5.32 Å². The molecule has 2 rings (SSSR count). The Hall–Kier alpha value is -3.01. The molecule has 0 aliphatic heterocycles. The van der Waals surface area contributed by atoms with Crippen LogP contribution in [-0.2, 0) is 26.2 Å². The summed E-state index contributed by atoms with van der Waals surface area (Å²) in [6, 6.07) is 10.1. The summed E-state index contributed by atoms with van der Waals surface area (Å²) in [6.07, 6.45) is 1.10. The van der Waals surface area contributed by atoms with E-state index in [1.54, 1.807) is 19.1 Å². The summed E-state index contributed by atoms with van der Waals surface area (Å²) >= 11 is 0. The monoisotopic (exact) mass is 509 g/mol. The van der Waals surface area contributed by atoms with Gasteiger partial charge in [-0.25, -0.2) is 17.2 Å². The number of carbonyl (C=O) groups is 2. The molecule has 2 amide bonds. The van der Waals surface area contributed by atoms with Crippen LogP contribution in [0.3, 0.4) is 0 Å². The number of anilines is 1. The Kier molecular flexibility index (Phi) is 9.37. The molecule has 0 spiro atoms. The van der Waals surface area contributed by atoms with Gasteiger partial charge in [-0.1, -0.05) is 18.2 Å². The fourth-order valence-electron chi connectivity index (χ4n) is 3.48. The quantitative estimate of drug-likeness (QED) is 0.527. The average molecular weight is 510 g/mol. The Morgan fingerprint density at radius 1 is 1.03 bits per heavy atom. The second kappa shape index (κ2) is 11.6. The van der Waals surface area contributed by atoms with Crippen LogP contribution in [0.2, 0.25) is 0 Å². The maximum absolute atomic E-state index is 14.3. The van der Waals surface area contributed by atoms with E-state index in [1.165, 1.54) is 29.2 Å². The minimum atomic E-state index is -3.68. The van der Waals surface area contributed by atoms with E-state index in [0.29, 0.717) is 0 Å². The number of nitrogens with one attached hydrogen (secondary N) is 1. The molecule has 0 saturated carbocycles. The molecule has 10 heteroatoms. The molecule has 1 N–H and O–H groups in total. The summed E-state index contributed by atoms with van der Waals surface area (Å²) < 4.78 is 53.2. The number of nitrogens with zero attached hydrogens (tertiary/aromatic N) is 2. The van der Waals surface area contributed by atoms with Gasteiger partial charge in [0.1, 0.15) is 17.7 Å². The molecule has 0 aliphatic carbocycles. The van der Waals surface area contributed by atoms with Gasteiger partial charge >= 0.3 is 0 Å². The zero-order chi connectivity index (χ0) is 26.4. The number of hydrogen-bond acceptors (Lipinski definition) is 4. The van der Waals surface area contributed by atoms with E-state index < -0.39 is 39.1 Å². The van der Waals surface area contributed by atoms with Crippen molar-refractivity contribution in [3.8, 4) is 0 Å². The van der Waals surface area contributed by atoms with E-state index in [4.69, 9.17) is 0 Å². The number of halogens is 2. The van der Waals surface area contributed by atoms with Gasteiger partial charge in [0, 0.05) is 30.6 Å². The van der Waals surface area contributed by atoms with Gasteiger partial charge in [-0.05, 0) is 64.4 Å². The molecule has 0 unspecified atom stereocenters. The Morgan fingerprint density at radius 3 is 2.17 bits per heavy atom. The third-order valence-electron chi connectivity index (χ3n) is 5.23. The van der Waals surface area contributed by atoms with Crippen molar-refractivity contribution < 1.29 is 26.8 Å². The SMILES string of the molecule is C[C@@H](C(=O)NC(C)(C)C)N(Cc1ccccc1F)C(=O)CCCN(c1ccc(F)cc1)S(C)(=O)=O. The largest absolute Gasteiger partial charge is 0.350 e. The van der Waals surface area contributed by atoms with E-state index in [9.17, 15) is 26.8 Å². The highest BCUT2D eigenvalue weighted by Crippen LogP contribution is 2.20. The molecular weight excluding hydrogens is 476 g/mol.